The summed E-state index contributed by atoms with van der Waals surface area (Å²) < 4.78 is 38.6. The number of pyridine rings is 1. The number of benzene rings is 2. The first-order valence-electron chi connectivity index (χ1n) is 9.20. The zero-order chi connectivity index (χ0) is 21.1. The molecule has 150 valence electrons. The Morgan fingerprint density at radius 1 is 0.733 bits per heavy atom. The molecule has 0 amide bonds. The predicted octanol–water partition coefficient (Wildman–Crippen LogP) is 5.40. The molecule has 0 aliphatic heterocycles. The third-order valence-electron chi connectivity index (χ3n) is 4.59. The Kier molecular flexibility index (Phi) is 5.18. The Bertz CT molecular complexity index is 1160. The number of rotatable bonds is 4. The Hall–Kier alpha value is -3.74. The number of nitrogens with zero attached hydrogens (tertiary/aromatic N) is 3. The fraction of sp³-hybridized carbons (Fsp3) is 0.0870. The third kappa shape index (κ3) is 4.46. The Labute approximate surface area is 171 Å². The Morgan fingerprint density at radius 2 is 1.37 bits per heavy atom. The lowest BCUT2D eigenvalue weighted by atomic mass is 10.0. The molecular formula is C23H17F3N4. The summed E-state index contributed by atoms with van der Waals surface area (Å²) in [6, 6.07) is 21.6. The molecule has 0 radical (unpaired) electrons. The number of hydrogen-bond donors (Lipinski definition) is 1. The summed E-state index contributed by atoms with van der Waals surface area (Å²) in [5.74, 6) is 0.173. The van der Waals surface area contributed by atoms with E-state index in [2.05, 4.69) is 15.0 Å². The average Bonchev–Trinajstić information content (AvgIpc) is 2.74. The van der Waals surface area contributed by atoms with E-state index >= 15 is 0 Å². The van der Waals surface area contributed by atoms with Crippen LogP contribution in [0.15, 0.2) is 79.0 Å². The van der Waals surface area contributed by atoms with Gasteiger partial charge in [0.1, 0.15) is 5.69 Å². The maximum atomic E-state index is 12.9. The summed E-state index contributed by atoms with van der Waals surface area (Å²) in [6.07, 6.45) is -2.91. The van der Waals surface area contributed by atoms with E-state index in [1.807, 2.05) is 60.7 Å². The average molecular weight is 406 g/mol. The summed E-state index contributed by atoms with van der Waals surface area (Å²) >= 11 is 0. The monoisotopic (exact) mass is 406 g/mol. The molecule has 0 spiro atoms. The van der Waals surface area contributed by atoms with Crippen LogP contribution in [0, 0.1) is 0 Å². The second-order valence-electron chi connectivity index (χ2n) is 6.78. The summed E-state index contributed by atoms with van der Waals surface area (Å²) in [7, 11) is 0. The van der Waals surface area contributed by atoms with E-state index in [0.717, 1.165) is 28.5 Å². The van der Waals surface area contributed by atoms with Crippen LogP contribution in [0.5, 0.6) is 0 Å². The fourth-order valence-electron chi connectivity index (χ4n) is 3.14. The predicted molar refractivity (Wildman–Crippen MR) is 109 cm³/mol. The van der Waals surface area contributed by atoms with E-state index in [-0.39, 0.29) is 5.95 Å². The highest BCUT2D eigenvalue weighted by Crippen LogP contribution is 2.29. The van der Waals surface area contributed by atoms with Gasteiger partial charge in [0.25, 0.3) is 0 Å². The minimum atomic E-state index is -4.46. The molecule has 0 saturated carbocycles. The SMILES string of the molecule is Nc1nc(-c2ccccc2)cc(-c2ccc(Cc3ccnc(C(F)(F)F)c3)cc2)n1. The van der Waals surface area contributed by atoms with Crippen LogP contribution < -0.4 is 5.73 Å². The molecule has 0 aliphatic carbocycles. The second kappa shape index (κ2) is 7.94. The summed E-state index contributed by atoms with van der Waals surface area (Å²) in [4.78, 5) is 12.0. The van der Waals surface area contributed by atoms with Crippen molar-refractivity contribution in [3.63, 3.8) is 0 Å². The van der Waals surface area contributed by atoms with Crippen LogP contribution in [0.25, 0.3) is 22.5 Å². The molecule has 0 saturated heterocycles. The van der Waals surface area contributed by atoms with Gasteiger partial charge in [-0.15, -0.1) is 0 Å². The lowest BCUT2D eigenvalue weighted by molar-refractivity contribution is -0.141. The molecule has 0 fully saturated rings. The van der Waals surface area contributed by atoms with Gasteiger partial charge in [-0.3, -0.25) is 4.98 Å². The molecule has 2 heterocycles. The first kappa shape index (κ1) is 19.6. The van der Waals surface area contributed by atoms with E-state index in [1.165, 1.54) is 6.20 Å². The van der Waals surface area contributed by atoms with E-state index < -0.39 is 11.9 Å². The van der Waals surface area contributed by atoms with Crippen molar-refractivity contribution in [1.82, 2.24) is 15.0 Å². The van der Waals surface area contributed by atoms with Crippen LogP contribution in [0.3, 0.4) is 0 Å². The van der Waals surface area contributed by atoms with E-state index in [0.29, 0.717) is 17.7 Å². The molecule has 0 atom stereocenters. The molecule has 4 aromatic rings. The van der Waals surface area contributed by atoms with Gasteiger partial charge in [-0.2, -0.15) is 13.2 Å². The number of hydrogen-bond acceptors (Lipinski definition) is 4. The molecule has 4 rings (SSSR count). The first-order valence-corrected chi connectivity index (χ1v) is 9.20. The molecule has 7 heteroatoms. The molecule has 30 heavy (non-hydrogen) atoms. The molecular weight excluding hydrogens is 389 g/mol. The largest absolute Gasteiger partial charge is 0.433 e. The number of alkyl halides is 3. The lowest BCUT2D eigenvalue weighted by Crippen LogP contribution is -2.08. The summed E-state index contributed by atoms with van der Waals surface area (Å²) in [5, 5.41) is 0. The molecule has 0 unspecified atom stereocenters. The van der Waals surface area contributed by atoms with Gasteiger partial charge >= 0.3 is 6.18 Å². The van der Waals surface area contributed by atoms with Crippen LogP contribution in [0.1, 0.15) is 16.8 Å². The van der Waals surface area contributed by atoms with Gasteiger partial charge in [-0.25, -0.2) is 9.97 Å². The highest BCUT2D eigenvalue weighted by Gasteiger charge is 2.32. The van der Waals surface area contributed by atoms with Crippen LogP contribution in [-0.4, -0.2) is 15.0 Å². The standard InChI is InChI=1S/C23H17F3N4/c24-23(25,26)21-13-16(10-11-28-21)12-15-6-8-18(9-7-15)20-14-19(29-22(27)30-20)17-4-2-1-3-5-17/h1-11,13-14H,12H2,(H2,27,29,30). The topological polar surface area (TPSA) is 64.7 Å². The normalized spacial score (nSPS) is 11.4. The number of aromatic nitrogens is 3. The molecule has 2 aromatic carbocycles. The number of nitrogen functional groups attached to an aromatic ring is 1. The first-order chi connectivity index (χ1) is 14.4. The second-order valence-corrected chi connectivity index (χ2v) is 6.78. The van der Waals surface area contributed by atoms with Gasteiger partial charge in [-0.05, 0) is 35.7 Å². The Balaban J connectivity index is 1.58. The van der Waals surface area contributed by atoms with Crippen LogP contribution >= 0.6 is 0 Å². The van der Waals surface area contributed by atoms with Gasteiger partial charge < -0.3 is 5.73 Å². The zero-order valence-corrected chi connectivity index (χ0v) is 15.8. The highest BCUT2D eigenvalue weighted by molar-refractivity contribution is 5.69. The van der Waals surface area contributed by atoms with Crippen molar-refractivity contribution in [2.75, 3.05) is 5.73 Å². The van der Waals surface area contributed by atoms with Crippen molar-refractivity contribution in [3.8, 4) is 22.5 Å². The maximum Gasteiger partial charge on any atom is 0.433 e. The smallest absolute Gasteiger partial charge is 0.368 e. The maximum absolute atomic E-state index is 12.9. The van der Waals surface area contributed by atoms with Crippen molar-refractivity contribution in [3.05, 3.63) is 95.8 Å². The summed E-state index contributed by atoms with van der Waals surface area (Å²) in [5.41, 5.74) is 9.60. The quantitative estimate of drug-likeness (QED) is 0.493. The molecule has 2 aromatic heterocycles. The number of halogens is 3. The van der Waals surface area contributed by atoms with Crippen molar-refractivity contribution in [1.29, 1.82) is 0 Å². The van der Waals surface area contributed by atoms with Crippen molar-refractivity contribution in [2.45, 2.75) is 12.6 Å². The number of nitrogens with two attached hydrogens (primary N) is 1. The minimum Gasteiger partial charge on any atom is -0.368 e. The van der Waals surface area contributed by atoms with Gasteiger partial charge in [-0.1, -0.05) is 54.6 Å². The summed E-state index contributed by atoms with van der Waals surface area (Å²) in [6.45, 7) is 0. The van der Waals surface area contributed by atoms with Gasteiger partial charge in [0.2, 0.25) is 5.95 Å². The van der Waals surface area contributed by atoms with Crippen LogP contribution in [0.4, 0.5) is 19.1 Å². The van der Waals surface area contributed by atoms with Crippen molar-refractivity contribution in [2.24, 2.45) is 0 Å². The molecule has 0 aliphatic rings. The molecule has 4 nitrogen and oxygen atoms in total. The zero-order valence-electron chi connectivity index (χ0n) is 15.8. The van der Waals surface area contributed by atoms with Gasteiger partial charge in [0.05, 0.1) is 11.4 Å². The fourth-order valence-corrected chi connectivity index (χ4v) is 3.14. The van der Waals surface area contributed by atoms with Crippen molar-refractivity contribution >= 4 is 5.95 Å². The van der Waals surface area contributed by atoms with Crippen LogP contribution in [0.2, 0.25) is 0 Å². The third-order valence-corrected chi connectivity index (χ3v) is 4.59. The lowest BCUT2D eigenvalue weighted by Gasteiger charge is -2.09. The van der Waals surface area contributed by atoms with Crippen molar-refractivity contribution < 1.29 is 13.2 Å². The van der Waals surface area contributed by atoms with E-state index in [4.69, 9.17) is 5.73 Å². The van der Waals surface area contributed by atoms with Gasteiger partial charge in [0, 0.05) is 17.3 Å². The number of anilines is 1. The Morgan fingerprint density at radius 3 is 2.00 bits per heavy atom. The minimum absolute atomic E-state index is 0.173. The highest BCUT2D eigenvalue weighted by atomic mass is 19.4. The van der Waals surface area contributed by atoms with Crippen LogP contribution in [-0.2, 0) is 12.6 Å². The van der Waals surface area contributed by atoms with Gasteiger partial charge in [0.15, 0.2) is 0 Å². The van der Waals surface area contributed by atoms with E-state index in [9.17, 15) is 13.2 Å². The van der Waals surface area contributed by atoms with E-state index in [1.54, 1.807) is 6.07 Å². The molecule has 0 bridgehead atoms. The molecule has 2 N–H and O–H groups in total.